The summed E-state index contributed by atoms with van der Waals surface area (Å²) >= 11 is 0. The van der Waals surface area contributed by atoms with Crippen LogP contribution < -0.4 is 10.1 Å². The van der Waals surface area contributed by atoms with Crippen molar-refractivity contribution in [3.63, 3.8) is 0 Å². The van der Waals surface area contributed by atoms with E-state index in [4.69, 9.17) is 9.47 Å². The van der Waals surface area contributed by atoms with Gasteiger partial charge in [-0.1, -0.05) is 48.0 Å². The number of methoxy groups -OCH3 is 1. The van der Waals surface area contributed by atoms with Crippen molar-refractivity contribution in [2.45, 2.75) is 26.4 Å². The van der Waals surface area contributed by atoms with Crippen LogP contribution in [-0.4, -0.2) is 20.3 Å². The third-order valence-electron chi connectivity index (χ3n) is 3.66. The Morgan fingerprint density at radius 2 is 1.73 bits per heavy atom. The van der Waals surface area contributed by atoms with Crippen LogP contribution in [-0.2, 0) is 11.3 Å². The van der Waals surface area contributed by atoms with E-state index in [1.54, 1.807) is 7.11 Å². The standard InChI is InChI=1S/C19H25NO2/c1-15-8-10-17(11-9-15)14-20-16(2)18-6-4-5-7-19(18)22-13-12-21-3/h4-11,16,20H,12-14H2,1-3H3. The summed E-state index contributed by atoms with van der Waals surface area (Å²) in [5.41, 5.74) is 3.75. The first-order valence-corrected chi connectivity index (χ1v) is 7.70. The highest BCUT2D eigenvalue weighted by Crippen LogP contribution is 2.25. The average molecular weight is 299 g/mol. The van der Waals surface area contributed by atoms with Crippen LogP contribution in [0.25, 0.3) is 0 Å². The van der Waals surface area contributed by atoms with Gasteiger partial charge in [0.15, 0.2) is 0 Å². The van der Waals surface area contributed by atoms with E-state index in [0.29, 0.717) is 13.2 Å². The van der Waals surface area contributed by atoms with E-state index in [2.05, 4.69) is 49.5 Å². The first-order chi connectivity index (χ1) is 10.7. The average Bonchev–Trinajstić information content (AvgIpc) is 2.55. The Morgan fingerprint density at radius 1 is 1.00 bits per heavy atom. The Morgan fingerprint density at radius 3 is 2.45 bits per heavy atom. The molecule has 2 aromatic carbocycles. The summed E-state index contributed by atoms with van der Waals surface area (Å²) in [6.45, 7) is 6.27. The summed E-state index contributed by atoms with van der Waals surface area (Å²) < 4.78 is 10.8. The number of hydrogen-bond donors (Lipinski definition) is 1. The molecule has 2 aromatic rings. The van der Waals surface area contributed by atoms with E-state index >= 15 is 0 Å². The van der Waals surface area contributed by atoms with Crippen LogP contribution in [0.4, 0.5) is 0 Å². The number of aryl methyl sites for hydroxylation is 1. The Kier molecular flexibility index (Phi) is 6.44. The molecule has 0 aliphatic heterocycles. The molecule has 0 amide bonds. The minimum absolute atomic E-state index is 0.222. The van der Waals surface area contributed by atoms with Gasteiger partial charge in [-0.25, -0.2) is 0 Å². The van der Waals surface area contributed by atoms with E-state index in [1.807, 2.05) is 18.2 Å². The molecule has 22 heavy (non-hydrogen) atoms. The summed E-state index contributed by atoms with van der Waals surface area (Å²) in [7, 11) is 1.68. The van der Waals surface area contributed by atoms with Crippen molar-refractivity contribution in [1.29, 1.82) is 0 Å². The maximum atomic E-state index is 5.80. The summed E-state index contributed by atoms with van der Waals surface area (Å²) in [4.78, 5) is 0. The van der Waals surface area contributed by atoms with Gasteiger partial charge in [0.2, 0.25) is 0 Å². The van der Waals surface area contributed by atoms with Crippen LogP contribution in [0.3, 0.4) is 0 Å². The maximum Gasteiger partial charge on any atom is 0.124 e. The molecule has 2 rings (SSSR count). The monoisotopic (exact) mass is 299 g/mol. The first-order valence-electron chi connectivity index (χ1n) is 7.70. The van der Waals surface area contributed by atoms with Crippen molar-refractivity contribution in [3.8, 4) is 5.75 Å². The van der Waals surface area contributed by atoms with Crippen molar-refractivity contribution in [3.05, 3.63) is 65.2 Å². The highest BCUT2D eigenvalue weighted by Gasteiger charge is 2.10. The van der Waals surface area contributed by atoms with Crippen molar-refractivity contribution in [1.82, 2.24) is 5.32 Å². The number of rotatable bonds is 8. The molecule has 3 heteroatoms. The molecular formula is C19H25NO2. The molecule has 0 aliphatic carbocycles. The summed E-state index contributed by atoms with van der Waals surface area (Å²) in [5, 5.41) is 3.55. The quantitative estimate of drug-likeness (QED) is 0.751. The molecule has 1 unspecified atom stereocenters. The van der Waals surface area contributed by atoms with Crippen LogP contribution in [0, 0.1) is 6.92 Å². The molecule has 0 bridgehead atoms. The number of nitrogens with one attached hydrogen (secondary N) is 1. The molecule has 0 aliphatic rings. The Labute approximate surface area is 133 Å². The Bertz CT molecular complexity index is 566. The van der Waals surface area contributed by atoms with E-state index in [0.717, 1.165) is 12.3 Å². The fraction of sp³-hybridized carbons (Fsp3) is 0.368. The van der Waals surface area contributed by atoms with Gasteiger partial charge in [0.25, 0.3) is 0 Å². The van der Waals surface area contributed by atoms with Crippen molar-refractivity contribution < 1.29 is 9.47 Å². The fourth-order valence-electron chi connectivity index (χ4n) is 2.29. The third-order valence-corrected chi connectivity index (χ3v) is 3.66. The number of benzene rings is 2. The first kappa shape index (κ1) is 16.5. The molecule has 0 heterocycles. The van der Waals surface area contributed by atoms with Crippen LogP contribution in [0.15, 0.2) is 48.5 Å². The normalized spacial score (nSPS) is 12.1. The molecule has 0 radical (unpaired) electrons. The number of para-hydroxylation sites is 1. The Balaban J connectivity index is 1.96. The second kappa shape index (κ2) is 8.57. The van der Waals surface area contributed by atoms with Crippen LogP contribution in [0.2, 0.25) is 0 Å². The zero-order valence-electron chi connectivity index (χ0n) is 13.6. The predicted octanol–water partition coefficient (Wildman–Crippen LogP) is 3.87. The van der Waals surface area contributed by atoms with Crippen LogP contribution in [0.1, 0.15) is 29.7 Å². The maximum absolute atomic E-state index is 5.80. The molecule has 118 valence electrons. The second-order valence-electron chi connectivity index (χ2n) is 5.47. The minimum atomic E-state index is 0.222. The van der Waals surface area contributed by atoms with E-state index in [-0.39, 0.29) is 6.04 Å². The van der Waals surface area contributed by atoms with E-state index in [1.165, 1.54) is 16.7 Å². The van der Waals surface area contributed by atoms with Gasteiger partial charge in [0.1, 0.15) is 12.4 Å². The van der Waals surface area contributed by atoms with Gasteiger partial charge in [0.05, 0.1) is 6.61 Å². The topological polar surface area (TPSA) is 30.5 Å². The highest BCUT2D eigenvalue weighted by atomic mass is 16.5. The molecule has 0 fully saturated rings. The molecule has 0 aromatic heterocycles. The predicted molar refractivity (Wildman–Crippen MR) is 90.2 cm³/mol. The van der Waals surface area contributed by atoms with Gasteiger partial charge in [-0.2, -0.15) is 0 Å². The van der Waals surface area contributed by atoms with Crippen molar-refractivity contribution >= 4 is 0 Å². The van der Waals surface area contributed by atoms with Crippen LogP contribution in [0.5, 0.6) is 5.75 Å². The minimum Gasteiger partial charge on any atom is -0.491 e. The molecule has 0 saturated heterocycles. The van der Waals surface area contributed by atoms with E-state index < -0.39 is 0 Å². The zero-order valence-corrected chi connectivity index (χ0v) is 13.6. The lowest BCUT2D eigenvalue weighted by atomic mass is 10.1. The lowest BCUT2D eigenvalue weighted by Crippen LogP contribution is -2.19. The molecule has 1 atom stereocenters. The summed E-state index contributed by atoms with van der Waals surface area (Å²) in [6.07, 6.45) is 0. The SMILES string of the molecule is COCCOc1ccccc1C(C)NCc1ccc(C)cc1. The Hall–Kier alpha value is -1.84. The zero-order chi connectivity index (χ0) is 15.8. The fourth-order valence-corrected chi connectivity index (χ4v) is 2.29. The number of ether oxygens (including phenoxy) is 2. The lowest BCUT2D eigenvalue weighted by Gasteiger charge is -2.18. The van der Waals surface area contributed by atoms with Crippen molar-refractivity contribution in [2.75, 3.05) is 20.3 Å². The van der Waals surface area contributed by atoms with E-state index in [9.17, 15) is 0 Å². The molecule has 3 nitrogen and oxygen atoms in total. The molecule has 0 saturated carbocycles. The third kappa shape index (κ3) is 4.86. The molecule has 0 spiro atoms. The van der Waals surface area contributed by atoms with Gasteiger partial charge >= 0.3 is 0 Å². The summed E-state index contributed by atoms with van der Waals surface area (Å²) in [5.74, 6) is 0.920. The van der Waals surface area contributed by atoms with Gasteiger partial charge in [0, 0.05) is 25.3 Å². The molecular weight excluding hydrogens is 274 g/mol. The van der Waals surface area contributed by atoms with Gasteiger partial charge in [-0.15, -0.1) is 0 Å². The van der Waals surface area contributed by atoms with Gasteiger partial charge < -0.3 is 14.8 Å². The summed E-state index contributed by atoms with van der Waals surface area (Å²) in [6, 6.07) is 17.0. The smallest absolute Gasteiger partial charge is 0.124 e. The lowest BCUT2D eigenvalue weighted by molar-refractivity contribution is 0.145. The van der Waals surface area contributed by atoms with Gasteiger partial charge in [-0.05, 0) is 25.5 Å². The number of hydrogen-bond acceptors (Lipinski definition) is 3. The highest BCUT2D eigenvalue weighted by molar-refractivity contribution is 5.35. The largest absolute Gasteiger partial charge is 0.491 e. The second-order valence-corrected chi connectivity index (χ2v) is 5.47. The van der Waals surface area contributed by atoms with Gasteiger partial charge in [-0.3, -0.25) is 0 Å². The van der Waals surface area contributed by atoms with Crippen LogP contribution >= 0.6 is 0 Å². The molecule has 1 N–H and O–H groups in total. The van der Waals surface area contributed by atoms with Crippen molar-refractivity contribution in [2.24, 2.45) is 0 Å².